The van der Waals surface area contributed by atoms with Gasteiger partial charge in [-0.3, -0.25) is 9.10 Å². The highest BCUT2D eigenvalue weighted by Gasteiger charge is 2.24. The average Bonchev–Trinajstić information content (AvgIpc) is 3.24. The molecule has 0 bridgehead atoms. The van der Waals surface area contributed by atoms with Crippen molar-refractivity contribution in [3.05, 3.63) is 107 Å². The highest BCUT2D eigenvalue weighted by atomic mass is 32.2. The Morgan fingerprint density at radius 2 is 1.55 bits per heavy atom. The van der Waals surface area contributed by atoms with Crippen LogP contribution < -0.4 is 9.62 Å². The molecule has 0 spiro atoms. The zero-order valence-electron chi connectivity index (χ0n) is 18.3. The van der Waals surface area contributed by atoms with Crippen LogP contribution in [-0.4, -0.2) is 20.6 Å². The molecule has 6 heteroatoms. The number of amides is 1. The van der Waals surface area contributed by atoms with Gasteiger partial charge < -0.3 is 5.32 Å². The molecule has 0 radical (unpaired) electrons. The topological polar surface area (TPSA) is 66.5 Å². The number of nitrogens with one attached hydrogen (secondary N) is 1. The Morgan fingerprint density at radius 3 is 2.30 bits per heavy atom. The number of hydrogen-bond acceptors (Lipinski definition) is 3. The van der Waals surface area contributed by atoms with Gasteiger partial charge in [0.05, 0.1) is 24.1 Å². The molecule has 0 fully saturated rings. The molecule has 5 rings (SSSR count). The second-order valence-corrected chi connectivity index (χ2v) is 10.2. The summed E-state index contributed by atoms with van der Waals surface area (Å²) in [6, 6.07) is 26.3. The first kappa shape index (κ1) is 21.2. The molecule has 0 unspecified atom stereocenters. The van der Waals surface area contributed by atoms with Crippen molar-refractivity contribution in [2.24, 2.45) is 0 Å². The van der Waals surface area contributed by atoms with Crippen LogP contribution in [0.25, 0.3) is 10.8 Å². The SMILES string of the molecule is CS(=O)(=O)N(Cc1ccccc1)c1ccccc1C(=O)Nc1ccc2c3c(cccc13)CC2. The molecule has 4 aromatic carbocycles. The fourth-order valence-electron chi connectivity index (χ4n) is 4.56. The normalized spacial score (nSPS) is 12.6. The molecule has 0 aromatic heterocycles. The van der Waals surface area contributed by atoms with Gasteiger partial charge in [-0.25, -0.2) is 8.42 Å². The predicted molar refractivity (Wildman–Crippen MR) is 133 cm³/mol. The van der Waals surface area contributed by atoms with Crippen LogP contribution in [0.4, 0.5) is 11.4 Å². The Bertz CT molecular complexity index is 1450. The maximum atomic E-state index is 13.4. The lowest BCUT2D eigenvalue weighted by atomic mass is 10.0. The van der Waals surface area contributed by atoms with E-state index in [1.807, 2.05) is 48.5 Å². The van der Waals surface area contributed by atoms with Crippen molar-refractivity contribution in [3.8, 4) is 0 Å². The van der Waals surface area contributed by atoms with E-state index in [1.54, 1.807) is 24.3 Å². The molecule has 1 amide bonds. The number of para-hydroxylation sites is 1. The zero-order valence-corrected chi connectivity index (χ0v) is 19.1. The Balaban J connectivity index is 1.53. The van der Waals surface area contributed by atoms with Crippen LogP contribution >= 0.6 is 0 Å². The summed E-state index contributed by atoms with van der Waals surface area (Å²) in [5, 5.41) is 5.26. The molecule has 33 heavy (non-hydrogen) atoms. The van der Waals surface area contributed by atoms with Crippen molar-refractivity contribution in [2.45, 2.75) is 19.4 Å². The van der Waals surface area contributed by atoms with Gasteiger partial charge in [0.15, 0.2) is 0 Å². The summed E-state index contributed by atoms with van der Waals surface area (Å²) in [7, 11) is -3.63. The van der Waals surface area contributed by atoms with Crippen LogP contribution in [-0.2, 0) is 29.4 Å². The van der Waals surface area contributed by atoms with E-state index in [1.165, 1.54) is 20.8 Å². The summed E-state index contributed by atoms with van der Waals surface area (Å²) in [5.74, 6) is -0.342. The zero-order chi connectivity index (χ0) is 23.0. The lowest BCUT2D eigenvalue weighted by Crippen LogP contribution is -2.31. The number of anilines is 2. The maximum absolute atomic E-state index is 13.4. The van der Waals surface area contributed by atoms with Gasteiger partial charge in [-0.2, -0.15) is 0 Å². The van der Waals surface area contributed by atoms with E-state index < -0.39 is 10.0 Å². The Kier molecular flexibility index (Phi) is 5.38. The summed E-state index contributed by atoms with van der Waals surface area (Å²) in [4.78, 5) is 13.4. The van der Waals surface area contributed by atoms with Crippen molar-refractivity contribution < 1.29 is 13.2 Å². The van der Waals surface area contributed by atoms with E-state index >= 15 is 0 Å². The first-order chi connectivity index (χ1) is 15.9. The third-order valence-corrected chi connectivity index (χ3v) is 7.24. The minimum Gasteiger partial charge on any atom is -0.321 e. The van der Waals surface area contributed by atoms with E-state index in [0.29, 0.717) is 11.3 Å². The van der Waals surface area contributed by atoms with Crippen molar-refractivity contribution in [1.82, 2.24) is 0 Å². The lowest BCUT2D eigenvalue weighted by molar-refractivity contribution is 0.102. The first-order valence-corrected chi connectivity index (χ1v) is 12.7. The molecular weight excluding hydrogens is 432 g/mol. The number of rotatable bonds is 6. The van der Waals surface area contributed by atoms with E-state index in [0.717, 1.165) is 35.7 Å². The lowest BCUT2D eigenvalue weighted by Gasteiger charge is -2.25. The summed E-state index contributed by atoms with van der Waals surface area (Å²) in [6.45, 7) is 0.144. The van der Waals surface area contributed by atoms with Gasteiger partial charge >= 0.3 is 0 Å². The van der Waals surface area contributed by atoms with Gasteiger partial charge in [0.1, 0.15) is 0 Å². The van der Waals surface area contributed by atoms with Crippen LogP contribution in [0.1, 0.15) is 27.0 Å². The first-order valence-electron chi connectivity index (χ1n) is 10.9. The fraction of sp³-hybridized carbons (Fsp3) is 0.148. The predicted octanol–water partition coefficient (Wildman–Crippen LogP) is 5.16. The highest BCUT2D eigenvalue weighted by Crippen LogP contribution is 2.35. The second-order valence-electron chi connectivity index (χ2n) is 8.34. The van der Waals surface area contributed by atoms with E-state index in [-0.39, 0.29) is 12.5 Å². The molecule has 1 N–H and O–H groups in total. The second kappa shape index (κ2) is 8.37. The standard InChI is InChI=1S/C27H24N2O3S/c1-33(31,32)29(18-19-8-3-2-4-9-19)25-13-6-5-11-23(25)27(30)28-24-17-16-21-15-14-20-10-7-12-22(24)26(20)21/h2-13,16-17H,14-15,18H2,1H3,(H,28,30). The van der Waals surface area contributed by atoms with Crippen LogP contribution in [0.15, 0.2) is 84.9 Å². The highest BCUT2D eigenvalue weighted by molar-refractivity contribution is 7.92. The monoisotopic (exact) mass is 456 g/mol. The van der Waals surface area contributed by atoms with E-state index in [2.05, 4.69) is 17.4 Å². The fourth-order valence-corrected chi connectivity index (χ4v) is 5.46. The van der Waals surface area contributed by atoms with Crippen LogP contribution in [0.5, 0.6) is 0 Å². The smallest absolute Gasteiger partial charge is 0.257 e. The molecule has 0 atom stereocenters. The van der Waals surface area contributed by atoms with Crippen molar-refractivity contribution in [3.63, 3.8) is 0 Å². The minimum atomic E-state index is -3.63. The summed E-state index contributed by atoms with van der Waals surface area (Å²) >= 11 is 0. The van der Waals surface area contributed by atoms with E-state index in [9.17, 15) is 13.2 Å². The maximum Gasteiger partial charge on any atom is 0.257 e. The molecule has 0 saturated heterocycles. The number of hydrogen-bond donors (Lipinski definition) is 1. The van der Waals surface area contributed by atoms with Gasteiger partial charge in [-0.1, -0.05) is 66.7 Å². The van der Waals surface area contributed by atoms with Gasteiger partial charge in [-0.05, 0) is 53.1 Å². The van der Waals surface area contributed by atoms with Crippen LogP contribution in [0.2, 0.25) is 0 Å². The average molecular weight is 457 g/mol. The molecule has 0 aliphatic heterocycles. The molecular formula is C27H24N2O3S. The van der Waals surface area contributed by atoms with Crippen molar-refractivity contribution >= 4 is 38.1 Å². The molecule has 5 nitrogen and oxygen atoms in total. The number of carbonyl (C=O) groups is 1. The third kappa shape index (κ3) is 4.10. The summed E-state index contributed by atoms with van der Waals surface area (Å²) in [6.07, 6.45) is 3.18. The molecule has 0 saturated carbocycles. The summed E-state index contributed by atoms with van der Waals surface area (Å²) in [5.41, 5.74) is 4.82. The summed E-state index contributed by atoms with van der Waals surface area (Å²) < 4.78 is 26.7. The largest absolute Gasteiger partial charge is 0.321 e. The quantitative estimate of drug-likeness (QED) is 0.436. The van der Waals surface area contributed by atoms with Gasteiger partial charge in [0.25, 0.3) is 5.91 Å². The van der Waals surface area contributed by atoms with Crippen LogP contribution in [0.3, 0.4) is 0 Å². The molecule has 166 valence electrons. The van der Waals surface area contributed by atoms with E-state index in [4.69, 9.17) is 0 Å². The van der Waals surface area contributed by atoms with Crippen molar-refractivity contribution in [1.29, 1.82) is 0 Å². The van der Waals surface area contributed by atoms with Crippen molar-refractivity contribution in [2.75, 3.05) is 15.9 Å². The van der Waals surface area contributed by atoms with Gasteiger partial charge in [0.2, 0.25) is 10.0 Å². The number of benzene rings is 4. The number of sulfonamides is 1. The molecule has 1 aliphatic rings. The van der Waals surface area contributed by atoms with Gasteiger partial charge in [0, 0.05) is 11.1 Å². The number of carbonyl (C=O) groups excluding carboxylic acids is 1. The molecule has 4 aromatic rings. The Hall–Kier alpha value is -3.64. The molecule has 1 aliphatic carbocycles. The minimum absolute atomic E-state index is 0.144. The Labute approximate surface area is 193 Å². The third-order valence-electron chi connectivity index (χ3n) is 6.11. The number of nitrogens with zero attached hydrogens (tertiary/aromatic N) is 1. The number of aryl methyl sites for hydroxylation is 2. The molecule has 0 heterocycles. The van der Waals surface area contributed by atoms with Gasteiger partial charge in [-0.15, -0.1) is 0 Å². The Morgan fingerprint density at radius 1 is 0.848 bits per heavy atom. The van der Waals surface area contributed by atoms with Crippen LogP contribution in [0, 0.1) is 0 Å².